The SMILES string of the molecule is Cc1cc(N(CC(=O)N2CCN(c3ccc(F)cc3)CC2)S(C)(=O)=O)no1. The van der Waals surface area contributed by atoms with E-state index in [1.807, 2.05) is 0 Å². The summed E-state index contributed by atoms with van der Waals surface area (Å²) in [6.07, 6.45) is 1.02. The van der Waals surface area contributed by atoms with Gasteiger partial charge in [0.25, 0.3) is 0 Å². The minimum atomic E-state index is -3.68. The van der Waals surface area contributed by atoms with Gasteiger partial charge in [-0.15, -0.1) is 0 Å². The molecule has 1 aromatic heterocycles. The Morgan fingerprint density at radius 2 is 1.85 bits per heavy atom. The van der Waals surface area contributed by atoms with Crippen molar-refractivity contribution in [3.8, 4) is 0 Å². The average Bonchev–Trinajstić information content (AvgIpc) is 3.05. The van der Waals surface area contributed by atoms with Crippen LogP contribution in [0.4, 0.5) is 15.9 Å². The van der Waals surface area contributed by atoms with Gasteiger partial charge in [-0.3, -0.25) is 4.79 Å². The van der Waals surface area contributed by atoms with Gasteiger partial charge in [0.05, 0.1) is 6.26 Å². The van der Waals surface area contributed by atoms with Gasteiger partial charge in [-0.25, -0.2) is 17.1 Å². The van der Waals surface area contributed by atoms with Crippen molar-refractivity contribution in [2.45, 2.75) is 6.92 Å². The molecule has 1 amide bonds. The quantitative estimate of drug-likeness (QED) is 0.756. The van der Waals surface area contributed by atoms with E-state index < -0.39 is 10.0 Å². The Labute approximate surface area is 157 Å². The number of rotatable bonds is 5. The van der Waals surface area contributed by atoms with Crippen molar-refractivity contribution in [1.82, 2.24) is 10.1 Å². The lowest BCUT2D eigenvalue weighted by atomic mass is 10.2. The topological polar surface area (TPSA) is 87.0 Å². The number of nitrogens with zero attached hydrogens (tertiary/aromatic N) is 4. The van der Waals surface area contributed by atoms with E-state index in [-0.39, 0.29) is 24.1 Å². The summed E-state index contributed by atoms with van der Waals surface area (Å²) in [5.74, 6) is -0.0522. The van der Waals surface area contributed by atoms with Gasteiger partial charge >= 0.3 is 0 Å². The van der Waals surface area contributed by atoms with Crippen LogP contribution < -0.4 is 9.21 Å². The summed E-state index contributed by atoms with van der Waals surface area (Å²) in [5.41, 5.74) is 0.888. The zero-order valence-electron chi connectivity index (χ0n) is 15.1. The number of anilines is 2. The first-order valence-electron chi connectivity index (χ1n) is 8.43. The highest BCUT2D eigenvalue weighted by Crippen LogP contribution is 2.19. The summed E-state index contributed by atoms with van der Waals surface area (Å²) in [5, 5.41) is 3.70. The number of carbonyl (C=O) groups excluding carboxylic acids is 1. The molecule has 8 nitrogen and oxygen atoms in total. The van der Waals surface area contributed by atoms with Gasteiger partial charge in [-0.2, -0.15) is 0 Å². The summed E-state index contributed by atoms with van der Waals surface area (Å²) >= 11 is 0. The maximum atomic E-state index is 13.0. The van der Waals surface area contributed by atoms with Gasteiger partial charge in [0.2, 0.25) is 15.9 Å². The molecule has 1 fully saturated rings. The van der Waals surface area contributed by atoms with Crippen LogP contribution in [0.2, 0.25) is 0 Å². The Hall–Kier alpha value is -2.62. The molecule has 0 N–H and O–H groups in total. The number of aryl methyl sites for hydroxylation is 1. The summed E-state index contributed by atoms with van der Waals surface area (Å²) < 4.78 is 43.0. The van der Waals surface area contributed by atoms with E-state index in [1.54, 1.807) is 24.0 Å². The third kappa shape index (κ3) is 4.57. The van der Waals surface area contributed by atoms with Crippen molar-refractivity contribution >= 4 is 27.4 Å². The van der Waals surface area contributed by atoms with Crippen molar-refractivity contribution in [3.05, 3.63) is 41.9 Å². The van der Waals surface area contributed by atoms with Crippen LogP contribution in [0, 0.1) is 12.7 Å². The van der Waals surface area contributed by atoms with E-state index in [9.17, 15) is 17.6 Å². The molecule has 2 aromatic rings. The lowest BCUT2D eigenvalue weighted by molar-refractivity contribution is -0.129. The van der Waals surface area contributed by atoms with Gasteiger partial charge in [-0.05, 0) is 31.2 Å². The highest BCUT2D eigenvalue weighted by molar-refractivity contribution is 7.92. The van der Waals surface area contributed by atoms with Crippen LogP contribution >= 0.6 is 0 Å². The van der Waals surface area contributed by atoms with Crippen LogP contribution in [-0.2, 0) is 14.8 Å². The molecule has 10 heteroatoms. The van der Waals surface area contributed by atoms with E-state index >= 15 is 0 Å². The number of amides is 1. The van der Waals surface area contributed by atoms with Crippen molar-refractivity contribution in [1.29, 1.82) is 0 Å². The zero-order valence-corrected chi connectivity index (χ0v) is 15.9. The van der Waals surface area contributed by atoms with Gasteiger partial charge in [0.15, 0.2) is 5.82 Å². The van der Waals surface area contributed by atoms with E-state index in [0.29, 0.717) is 31.9 Å². The lowest BCUT2D eigenvalue weighted by Crippen LogP contribution is -2.52. The standard InChI is InChI=1S/C17H21FN4O4S/c1-13-11-16(19-26-13)22(27(2,24)25)12-17(23)21-9-7-20(8-10-21)15-5-3-14(18)4-6-15/h3-6,11H,7-10,12H2,1-2H3. The average molecular weight is 396 g/mol. The second kappa shape index (κ2) is 7.55. The van der Waals surface area contributed by atoms with Crippen molar-refractivity contribution in [2.75, 3.05) is 48.2 Å². The summed E-state index contributed by atoms with van der Waals surface area (Å²) in [6, 6.07) is 7.67. The number of hydrogen-bond donors (Lipinski definition) is 0. The highest BCUT2D eigenvalue weighted by atomic mass is 32.2. The smallest absolute Gasteiger partial charge is 0.243 e. The molecule has 1 aliphatic rings. The third-order valence-electron chi connectivity index (χ3n) is 4.37. The Balaban J connectivity index is 1.63. The van der Waals surface area contributed by atoms with Gasteiger partial charge in [0, 0.05) is 37.9 Å². The summed E-state index contributed by atoms with van der Waals surface area (Å²) in [7, 11) is -3.68. The molecular formula is C17H21FN4O4S. The van der Waals surface area contributed by atoms with E-state index in [2.05, 4.69) is 10.1 Å². The molecule has 0 saturated carbocycles. The number of halogens is 1. The fourth-order valence-electron chi connectivity index (χ4n) is 2.93. The first-order valence-corrected chi connectivity index (χ1v) is 10.3. The molecule has 0 unspecified atom stereocenters. The number of benzene rings is 1. The van der Waals surface area contributed by atoms with E-state index in [0.717, 1.165) is 16.2 Å². The second-order valence-corrected chi connectivity index (χ2v) is 8.32. The van der Waals surface area contributed by atoms with Gasteiger partial charge < -0.3 is 14.3 Å². The Morgan fingerprint density at radius 3 is 2.37 bits per heavy atom. The van der Waals surface area contributed by atoms with E-state index in [4.69, 9.17) is 4.52 Å². The fraction of sp³-hybridized carbons (Fsp3) is 0.412. The molecule has 1 saturated heterocycles. The molecule has 1 aliphatic heterocycles. The molecule has 2 heterocycles. The lowest BCUT2D eigenvalue weighted by Gasteiger charge is -2.36. The first-order chi connectivity index (χ1) is 12.7. The minimum absolute atomic E-state index is 0.0910. The molecule has 0 atom stereocenters. The molecule has 27 heavy (non-hydrogen) atoms. The summed E-state index contributed by atoms with van der Waals surface area (Å²) in [6.45, 7) is 3.38. The number of hydrogen-bond acceptors (Lipinski definition) is 6. The van der Waals surface area contributed by atoms with Gasteiger partial charge in [0.1, 0.15) is 18.1 Å². The second-order valence-electron chi connectivity index (χ2n) is 6.41. The first kappa shape index (κ1) is 19.2. The molecule has 0 bridgehead atoms. The third-order valence-corrected chi connectivity index (χ3v) is 5.49. The van der Waals surface area contributed by atoms with Crippen LogP contribution in [-0.4, -0.2) is 63.4 Å². The van der Waals surface area contributed by atoms with Crippen molar-refractivity contribution in [2.24, 2.45) is 0 Å². The van der Waals surface area contributed by atoms with Gasteiger partial charge in [-0.1, -0.05) is 5.16 Å². The predicted octanol–water partition coefficient (Wildman–Crippen LogP) is 1.24. The monoisotopic (exact) mass is 396 g/mol. The largest absolute Gasteiger partial charge is 0.368 e. The van der Waals surface area contributed by atoms with Crippen LogP contribution in [0.15, 0.2) is 34.9 Å². The molecule has 146 valence electrons. The minimum Gasteiger partial charge on any atom is -0.368 e. The molecule has 1 aromatic carbocycles. The fourth-order valence-corrected chi connectivity index (χ4v) is 3.70. The van der Waals surface area contributed by atoms with Crippen LogP contribution in [0.25, 0.3) is 0 Å². The van der Waals surface area contributed by atoms with Crippen LogP contribution in [0.1, 0.15) is 5.76 Å². The number of piperazine rings is 1. The molecule has 3 rings (SSSR count). The predicted molar refractivity (Wildman–Crippen MR) is 98.6 cm³/mol. The Kier molecular flexibility index (Phi) is 5.36. The van der Waals surface area contributed by atoms with Crippen LogP contribution in [0.3, 0.4) is 0 Å². The number of sulfonamides is 1. The number of aromatic nitrogens is 1. The Bertz CT molecular complexity index is 905. The maximum Gasteiger partial charge on any atom is 0.243 e. The highest BCUT2D eigenvalue weighted by Gasteiger charge is 2.28. The maximum absolute atomic E-state index is 13.0. The van der Waals surface area contributed by atoms with E-state index in [1.165, 1.54) is 18.2 Å². The molecule has 0 aliphatic carbocycles. The zero-order chi connectivity index (χ0) is 19.6. The summed E-state index contributed by atoms with van der Waals surface area (Å²) in [4.78, 5) is 16.3. The Morgan fingerprint density at radius 1 is 1.22 bits per heavy atom. The molecule has 0 radical (unpaired) electrons. The normalized spacial score (nSPS) is 15.1. The molecular weight excluding hydrogens is 375 g/mol. The van der Waals surface area contributed by atoms with Crippen molar-refractivity contribution in [3.63, 3.8) is 0 Å². The molecule has 0 spiro atoms. The van der Waals surface area contributed by atoms with Crippen molar-refractivity contribution < 1.29 is 22.1 Å². The number of carbonyl (C=O) groups is 1. The van der Waals surface area contributed by atoms with Crippen LogP contribution in [0.5, 0.6) is 0 Å².